The molecule has 132 valence electrons. The van der Waals surface area contributed by atoms with Gasteiger partial charge in [0.25, 0.3) is 0 Å². The van der Waals surface area contributed by atoms with Crippen LogP contribution in [0.5, 0.6) is 0 Å². The van der Waals surface area contributed by atoms with Crippen LogP contribution in [0.4, 0.5) is 4.39 Å². The van der Waals surface area contributed by atoms with Crippen LogP contribution in [0.25, 0.3) is 11.1 Å². The van der Waals surface area contributed by atoms with Crippen molar-refractivity contribution in [2.24, 2.45) is 5.73 Å². The zero-order chi connectivity index (χ0) is 18.0. The largest absolute Gasteiger partial charge is 0.338 e. The molecule has 4 nitrogen and oxygen atoms in total. The second-order valence-corrected chi connectivity index (χ2v) is 6.86. The van der Waals surface area contributed by atoms with Crippen molar-refractivity contribution in [3.05, 3.63) is 53.3 Å². The van der Waals surface area contributed by atoms with Crippen molar-refractivity contribution in [2.75, 3.05) is 13.1 Å². The van der Waals surface area contributed by atoms with Gasteiger partial charge in [-0.2, -0.15) is 0 Å². The number of nitrogens with two attached hydrogens (primary N) is 1. The molecule has 0 bridgehead atoms. The van der Waals surface area contributed by atoms with Crippen molar-refractivity contribution >= 4 is 17.5 Å². The maximum atomic E-state index is 13.3. The Bertz CT molecular complexity index is 753. The highest BCUT2D eigenvalue weighted by Gasteiger charge is 2.31. The van der Waals surface area contributed by atoms with Crippen molar-refractivity contribution in [1.29, 1.82) is 0 Å². The first-order valence-corrected chi connectivity index (χ1v) is 8.74. The summed E-state index contributed by atoms with van der Waals surface area (Å²) >= 11 is 5.93. The first-order valence-electron chi connectivity index (χ1n) is 8.36. The first-order chi connectivity index (χ1) is 12.0. The van der Waals surface area contributed by atoms with E-state index in [-0.39, 0.29) is 18.4 Å². The molecule has 1 aromatic carbocycles. The summed E-state index contributed by atoms with van der Waals surface area (Å²) in [5.74, 6) is -0.334. The zero-order valence-electron chi connectivity index (χ0n) is 14.0. The van der Waals surface area contributed by atoms with Crippen LogP contribution in [-0.2, 0) is 4.79 Å². The van der Waals surface area contributed by atoms with E-state index < -0.39 is 12.2 Å². The number of hydrogen-bond donors (Lipinski definition) is 1. The minimum atomic E-state index is -0.932. The van der Waals surface area contributed by atoms with Crippen molar-refractivity contribution < 1.29 is 9.18 Å². The number of alkyl halides is 1. The van der Waals surface area contributed by atoms with Crippen LogP contribution in [-0.4, -0.2) is 41.1 Å². The lowest BCUT2D eigenvalue weighted by atomic mass is 9.91. The van der Waals surface area contributed by atoms with Crippen LogP contribution in [0.2, 0.25) is 5.15 Å². The summed E-state index contributed by atoms with van der Waals surface area (Å²) in [6.45, 7) is 2.52. The highest BCUT2D eigenvalue weighted by molar-refractivity contribution is 6.29. The quantitative estimate of drug-likeness (QED) is 0.849. The van der Waals surface area contributed by atoms with Crippen LogP contribution in [0.15, 0.2) is 42.6 Å². The summed E-state index contributed by atoms with van der Waals surface area (Å²) in [7, 11) is 0. The standard InChI is InChI=1S/C19H21ClFN3O/c1-12(18(22)19(25)24-9-7-16(21)11-24)13-2-4-14(5-3-13)15-6-8-23-17(20)10-15/h2-6,8,10,12,16,18H,7,9,11,22H2,1H3/t12-,16-,18-/m0/s1. The number of nitrogens with zero attached hydrogens (tertiary/aromatic N) is 2. The zero-order valence-corrected chi connectivity index (χ0v) is 14.8. The fourth-order valence-corrected chi connectivity index (χ4v) is 3.28. The number of rotatable bonds is 4. The summed E-state index contributed by atoms with van der Waals surface area (Å²) in [6.07, 6.45) is 1.13. The molecule has 1 aliphatic heterocycles. The molecule has 3 atom stereocenters. The van der Waals surface area contributed by atoms with Crippen molar-refractivity contribution in [3.63, 3.8) is 0 Å². The van der Waals surface area contributed by atoms with E-state index in [4.69, 9.17) is 17.3 Å². The van der Waals surface area contributed by atoms with Gasteiger partial charge in [-0.1, -0.05) is 42.8 Å². The third-order valence-electron chi connectivity index (χ3n) is 4.76. The number of pyridine rings is 1. The molecule has 0 aliphatic carbocycles. The summed E-state index contributed by atoms with van der Waals surface area (Å²) in [4.78, 5) is 17.9. The number of likely N-dealkylation sites (tertiary alicyclic amines) is 1. The van der Waals surface area contributed by atoms with E-state index in [1.165, 1.54) is 4.90 Å². The monoisotopic (exact) mass is 361 g/mol. The molecule has 2 N–H and O–H groups in total. The van der Waals surface area contributed by atoms with E-state index in [1.54, 1.807) is 12.3 Å². The molecule has 3 rings (SSSR count). The number of amides is 1. The molecular formula is C19H21ClFN3O. The number of benzene rings is 1. The van der Waals surface area contributed by atoms with Crippen LogP contribution >= 0.6 is 11.6 Å². The second-order valence-electron chi connectivity index (χ2n) is 6.47. The normalized spacial score (nSPS) is 19.7. The van der Waals surface area contributed by atoms with E-state index in [0.29, 0.717) is 18.1 Å². The van der Waals surface area contributed by atoms with Crippen molar-refractivity contribution in [1.82, 2.24) is 9.88 Å². The minimum Gasteiger partial charge on any atom is -0.338 e. The average Bonchev–Trinajstić information content (AvgIpc) is 3.06. The Balaban J connectivity index is 1.72. The summed E-state index contributed by atoms with van der Waals surface area (Å²) in [5.41, 5.74) is 9.11. The predicted octanol–water partition coefficient (Wildman–Crippen LogP) is 3.40. The first kappa shape index (κ1) is 17.8. The molecule has 0 saturated carbocycles. The minimum absolute atomic E-state index is 0.152. The Morgan fingerprint density at radius 1 is 1.32 bits per heavy atom. The van der Waals surface area contributed by atoms with Crippen LogP contribution in [0.1, 0.15) is 24.8 Å². The van der Waals surface area contributed by atoms with Gasteiger partial charge in [0.05, 0.1) is 12.6 Å². The van der Waals surface area contributed by atoms with Gasteiger partial charge in [0.1, 0.15) is 11.3 Å². The lowest BCUT2D eigenvalue weighted by Gasteiger charge is -2.25. The maximum absolute atomic E-state index is 13.3. The third-order valence-corrected chi connectivity index (χ3v) is 4.97. The van der Waals surface area contributed by atoms with E-state index in [9.17, 15) is 9.18 Å². The molecular weight excluding hydrogens is 341 g/mol. The van der Waals surface area contributed by atoms with Gasteiger partial charge in [0.15, 0.2) is 0 Å². The van der Waals surface area contributed by atoms with E-state index >= 15 is 0 Å². The molecule has 1 aromatic heterocycles. The average molecular weight is 362 g/mol. The Morgan fingerprint density at radius 2 is 2.04 bits per heavy atom. The van der Waals surface area contributed by atoms with E-state index in [1.807, 2.05) is 37.3 Å². The van der Waals surface area contributed by atoms with Gasteiger partial charge in [0.2, 0.25) is 5.91 Å². The maximum Gasteiger partial charge on any atom is 0.240 e. The summed E-state index contributed by atoms with van der Waals surface area (Å²) < 4.78 is 13.3. The predicted molar refractivity (Wildman–Crippen MR) is 97.2 cm³/mol. The molecule has 0 spiro atoms. The molecule has 1 amide bonds. The van der Waals surface area contributed by atoms with Gasteiger partial charge in [-0.15, -0.1) is 0 Å². The van der Waals surface area contributed by atoms with Gasteiger partial charge >= 0.3 is 0 Å². The molecule has 6 heteroatoms. The molecule has 1 fully saturated rings. The molecule has 25 heavy (non-hydrogen) atoms. The van der Waals surface area contributed by atoms with Gasteiger partial charge in [-0.25, -0.2) is 9.37 Å². The Kier molecular flexibility index (Phi) is 5.35. The molecule has 1 saturated heterocycles. The number of hydrogen-bond acceptors (Lipinski definition) is 3. The SMILES string of the molecule is C[C@@H](c1ccc(-c2ccnc(Cl)c2)cc1)[C@H](N)C(=O)N1CC[C@H](F)C1. The van der Waals surface area contributed by atoms with Crippen LogP contribution < -0.4 is 5.73 Å². The van der Waals surface area contributed by atoms with Crippen LogP contribution in [0, 0.1) is 0 Å². The lowest BCUT2D eigenvalue weighted by Crippen LogP contribution is -2.45. The lowest BCUT2D eigenvalue weighted by molar-refractivity contribution is -0.132. The highest BCUT2D eigenvalue weighted by atomic mass is 35.5. The Labute approximate surface area is 151 Å². The van der Waals surface area contributed by atoms with Crippen LogP contribution in [0.3, 0.4) is 0 Å². The third kappa shape index (κ3) is 3.99. The highest BCUT2D eigenvalue weighted by Crippen LogP contribution is 2.26. The second kappa shape index (κ2) is 7.50. The van der Waals surface area contributed by atoms with Gasteiger partial charge in [0, 0.05) is 18.7 Å². The van der Waals surface area contributed by atoms with Crippen molar-refractivity contribution in [2.45, 2.75) is 31.5 Å². The number of carbonyl (C=O) groups is 1. The molecule has 2 aromatic rings. The van der Waals surface area contributed by atoms with E-state index in [0.717, 1.165) is 16.7 Å². The fourth-order valence-electron chi connectivity index (χ4n) is 3.11. The Morgan fingerprint density at radius 3 is 2.64 bits per heavy atom. The smallest absolute Gasteiger partial charge is 0.240 e. The van der Waals surface area contributed by atoms with Gasteiger partial charge in [-0.3, -0.25) is 4.79 Å². The summed E-state index contributed by atoms with van der Waals surface area (Å²) in [5, 5.41) is 0.444. The number of halogens is 2. The molecule has 2 heterocycles. The van der Waals surface area contributed by atoms with Gasteiger partial charge < -0.3 is 10.6 Å². The topological polar surface area (TPSA) is 59.2 Å². The van der Waals surface area contributed by atoms with Gasteiger partial charge in [-0.05, 0) is 35.2 Å². The number of carbonyl (C=O) groups excluding carboxylic acids is 1. The fraction of sp³-hybridized carbons (Fsp3) is 0.368. The molecule has 0 unspecified atom stereocenters. The number of aromatic nitrogens is 1. The molecule has 0 radical (unpaired) electrons. The summed E-state index contributed by atoms with van der Waals surface area (Å²) in [6, 6.07) is 10.9. The van der Waals surface area contributed by atoms with E-state index in [2.05, 4.69) is 4.98 Å². The molecule has 1 aliphatic rings. The Hall–Kier alpha value is -1.98. The van der Waals surface area contributed by atoms with Crippen molar-refractivity contribution in [3.8, 4) is 11.1 Å².